The zero-order valence-corrected chi connectivity index (χ0v) is 12.9. The highest BCUT2D eigenvalue weighted by molar-refractivity contribution is 5.77. The van der Waals surface area contributed by atoms with Crippen LogP contribution < -0.4 is 11.0 Å². The molecule has 0 saturated heterocycles. The molecule has 116 valence electrons. The third-order valence-corrected chi connectivity index (χ3v) is 3.92. The van der Waals surface area contributed by atoms with Crippen LogP contribution in [0.2, 0.25) is 0 Å². The average molecular weight is 307 g/mol. The maximum Gasteiger partial charge on any atom is 0.267 e. The Balaban J connectivity index is 2.39. The Bertz CT molecular complexity index is 1040. The Morgan fingerprint density at radius 2 is 2.17 bits per heavy atom. The van der Waals surface area contributed by atoms with E-state index in [1.54, 1.807) is 22.9 Å². The van der Waals surface area contributed by atoms with E-state index in [2.05, 4.69) is 11.9 Å². The molecule has 0 atom stereocenters. The van der Waals surface area contributed by atoms with Gasteiger partial charge in [-0.05, 0) is 24.6 Å². The summed E-state index contributed by atoms with van der Waals surface area (Å²) in [6, 6.07) is 8.83. The quantitative estimate of drug-likeness (QED) is 0.592. The van der Waals surface area contributed by atoms with Gasteiger partial charge < -0.3 is 4.57 Å². The predicted octanol–water partition coefficient (Wildman–Crippen LogP) is 2.19. The molecule has 3 aromatic rings. The van der Waals surface area contributed by atoms with Gasteiger partial charge in [0, 0.05) is 12.7 Å². The molecule has 0 bridgehead atoms. The molecule has 0 aliphatic carbocycles. The van der Waals surface area contributed by atoms with E-state index in [9.17, 15) is 10.1 Å². The molecule has 23 heavy (non-hydrogen) atoms. The van der Waals surface area contributed by atoms with E-state index in [0.717, 1.165) is 19.3 Å². The van der Waals surface area contributed by atoms with Crippen LogP contribution in [0, 0.1) is 16.7 Å². The van der Waals surface area contributed by atoms with Crippen LogP contribution in [0.3, 0.4) is 0 Å². The molecule has 0 aliphatic heterocycles. The largest absolute Gasteiger partial charge is 0.310 e. The first-order chi connectivity index (χ1) is 11.2. The number of nitriles is 1. The highest BCUT2D eigenvalue weighted by atomic mass is 16.1. The Morgan fingerprint density at radius 3 is 2.91 bits per heavy atom. The fraction of sp³-hybridized carbons (Fsp3) is 0.294. The molecule has 0 spiro atoms. The molecule has 3 heterocycles. The van der Waals surface area contributed by atoms with Crippen LogP contribution >= 0.6 is 0 Å². The summed E-state index contributed by atoms with van der Waals surface area (Å²) in [7, 11) is 0. The number of fused-ring (bicyclic) bond motifs is 2. The molecule has 0 amide bonds. The van der Waals surface area contributed by atoms with Gasteiger partial charge in [-0.25, -0.2) is 4.98 Å². The fourth-order valence-corrected chi connectivity index (χ4v) is 2.71. The topological polar surface area (TPSA) is 86.9 Å². The number of hydrogen-bond donors (Lipinski definition) is 1. The lowest BCUT2D eigenvalue weighted by molar-refractivity contribution is 0.589. The summed E-state index contributed by atoms with van der Waals surface area (Å²) >= 11 is 0. The smallest absolute Gasteiger partial charge is 0.267 e. The molecular formula is C17H17N5O. The summed E-state index contributed by atoms with van der Waals surface area (Å²) < 4.78 is 3.14. The van der Waals surface area contributed by atoms with Crippen molar-refractivity contribution >= 4 is 16.7 Å². The van der Waals surface area contributed by atoms with Gasteiger partial charge in [0.25, 0.3) is 5.56 Å². The van der Waals surface area contributed by atoms with Crippen molar-refractivity contribution in [1.29, 1.82) is 10.7 Å². The molecule has 0 aliphatic rings. The standard InChI is InChI=1S/C17H17N5O/c1-2-3-5-9-22-15(19)12(11-18)10-13-16(22)20-14-7-4-6-8-21(14)17(13)23/h4,6-8,10,19H,2-3,5,9H2,1H3. The lowest BCUT2D eigenvalue weighted by Gasteiger charge is -2.12. The van der Waals surface area contributed by atoms with Gasteiger partial charge in [-0.2, -0.15) is 5.26 Å². The third-order valence-electron chi connectivity index (χ3n) is 3.92. The molecule has 0 aromatic carbocycles. The van der Waals surface area contributed by atoms with Crippen LogP contribution in [-0.2, 0) is 6.54 Å². The van der Waals surface area contributed by atoms with Gasteiger partial charge in [0.2, 0.25) is 0 Å². The number of aryl methyl sites for hydroxylation is 1. The minimum absolute atomic E-state index is 0.114. The first kappa shape index (κ1) is 15.0. The Labute approximate surface area is 132 Å². The van der Waals surface area contributed by atoms with Gasteiger partial charge in [-0.3, -0.25) is 14.6 Å². The summed E-state index contributed by atoms with van der Waals surface area (Å²) in [4.78, 5) is 17.2. The average Bonchev–Trinajstić information content (AvgIpc) is 2.57. The van der Waals surface area contributed by atoms with Crippen LogP contribution in [0.1, 0.15) is 31.7 Å². The SMILES string of the molecule is CCCCCn1c(=N)c(C#N)cc2c(=O)n3ccccc3nc21. The highest BCUT2D eigenvalue weighted by Gasteiger charge is 2.12. The van der Waals surface area contributed by atoms with Gasteiger partial charge in [0.15, 0.2) is 0 Å². The van der Waals surface area contributed by atoms with Crippen molar-refractivity contribution in [2.45, 2.75) is 32.7 Å². The lowest BCUT2D eigenvalue weighted by atomic mass is 10.2. The Kier molecular flexibility index (Phi) is 3.94. The lowest BCUT2D eigenvalue weighted by Crippen LogP contribution is -2.27. The Morgan fingerprint density at radius 1 is 1.35 bits per heavy atom. The molecule has 1 N–H and O–H groups in total. The van der Waals surface area contributed by atoms with E-state index in [4.69, 9.17) is 5.41 Å². The molecule has 6 heteroatoms. The molecule has 0 unspecified atom stereocenters. The second-order valence-electron chi connectivity index (χ2n) is 5.46. The minimum atomic E-state index is -0.216. The summed E-state index contributed by atoms with van der Waals surface area (Å²) in [5.41, 5.74) is 1.11. The normalized spacial score (nSPS) is 11.0. The van der Waals surface area contributed by atoms with E-state index in [1.807, 2.05) is 12.1 Å². The second kappa shape index (κ2) is 6.05. The van der Waals surface area contributed by atoms with E-state index >= 15 is 0 Å². The molecule has 3 rings (SSSR count). The number of hydrogen-bond acceptors (Lipinski definition) is 4. The van der Waals surface area contributed by atoms with E-state index in [0.29, 0.717) is 23.2 Å². The molecular weight excluding hydrogens is 290 g/mol. The van der Waals surface area contributed by atoms with Crippen LogP contribution in [-0.4, -0.2) is 14.0 Å². The number of aromatic nitrogens is 3. The molecule has 3 aromatic heterocycles. The first-order valence-corrected chi connectivity index (χ1v) is 7.67. The second-order valence-corrected chi connectivity index (χ2v) is 5.46. The molecule has 0 saturated carbocycles. The monoisotopic (exact) mass is 307 g/mol. The zero-order valence-electron chi connectivity index (χ0n) is 12.9. The van der Waals surface area contributed by atoms with Crippen molar-refractivity contribution in [1.82, 2.24) is 14.0 Å². The van der Waals surface area contributed by atoms with E-state index < -0.39 is 0 Å². The number of nitrogens with zero attached hydrogens (tertiary/aromatic N) is 4. The van der Waals surface area contributed by atoms with Crippen molar-refractivity contribution < 1.29 is 0 Å². The van der Waals surface area contributed by atoms with Crippen LogP contribution in [0.25, 0.3) is 16.7 Å². The summed E-state index contributed by atoms with van der Waals surface area (Å²) in [6.07, 6.45) is 4.62. The van der Waals surface area contributed by atoms with Gasteiger partial charge in [0.05, 0.1) is 10.9 Å². The molecule has 0 radical (unpaired) electrons. The van der Waals surface area contributed by atoms with Crippen LogP contribution in [0.15, 0.2) is 35.3 Å². The number of nitrogens with one attached hydrogen (secondary N) is 1. The number of unbranched alkanes of at least 4 members (excludes halogenated alkanes) is 2. The molecule has 6 nitrogen and oxygen atoms in total. The van der Waals surface area contributed by atoms with Crippen molar-refractivity contribution in [2.75, 3.05) is 0 Å². The predicted molar refractivity (Wildman–Crippen MR) is 87.1 cm³/mol. The third kappa shape index (κ3) is 2.50. The zero-order chi connectivity index (χ0) is 16.4. The fourth-order valence-electron chi connectivity index (χ4n) is 2.71. The van der Waals surface area contributed by atoms with E-state index in [1.165, 1.54) is 10.5 Å². The van der Waals surface area contributed by atoms with Crippen LogP contribution in [0.5, 0.6) is 0 Å². The molecule has 0 fully saturated rings. The number of rotatable bonds is 4. The van der Waals surface area contributed by atoms with Gasteiger partial charge in [0.1, 0.15) is 22.9 Å². The summed E-state index contributed by atoms with van der Waals surface area (Å²) in [5, 5.41) is 17.9. The first-order valence-electron chi connectivity index (χ1n) is 7.67. The maximum atomic E-state index is 12.7. The Hall–Kier alpha value is -2.94. The van der Waals surface area contributed by atoms with Crippen molar-refractivity contribution in [2.24, 2.45) is 0 Å². The van der Waals surface area contributed by atoms with Gasteiger partial charge in [-0.15, -0.1) is 0 Å². The van der Waals surface area contributed by atoms with E-state index in [-0.39, 0.29) is 16.6 Å². The summed E-state index contributed by atoms with van der Waals surface area (Å²) in [6.45, 7) is 2.68. The van der Waals surface area contributed by atoms with Crippen molar-refractivity contribution in [3.63, 3.8) is 0 Å². The number of pyridine rings is 2. The van der Waals surface area contributed by atoms with Crippen LogP contribution in [0.4, 0.5) is 0 Å². The van der Waals surface area contributed by atoms with Crippen molar-refractivity contribution in [3.8, 4) is 6.07 Å². The van der Waals surface area contributed by atoms with Gasteiger partial charge >= 0.3 is 0 Å². The maximum absolute atomic E-state index is 12.7. The van der Waals surface area contributed by atoms with Gasteiger partial charge in [-0.1, -0.05) is 25.8 Å². The minimum Gasteiger partial charge on any atom is -0.310 e. The summed E-state index contributed by atoms with van der Waals surface area (Å²) in [5.74, 6) is 0. The van der Waals surface area contributed by atoms with Crippen molar-refractivity contribution in [3.05, 3.63) is 51.9 Å². The highest BCUT2D eigenvalue weighted by Crippen LogP contribution is 2.11.